The summed E-state index contributed by atoms with van der Waals surface area (Å²) in [6, 6.07) is 0. The van der Waals surface area contributed by atoms with E-state index in [2.05, 4.69) is 27.5 Å². The van der Waals surface area contributed by atoms with E-state index in [0.717, 1.165) is 38.2 Å². The quantitative estimate of drug-likeness (QED) is 0.811. The second-order valence-electron chi connectivity index (χ2n) is 5.47. The number of fused-ring (bicyclic) bond motifs is 1. The lowest BCUT2D eigenvalue weighted by atomic mass is 9.95. The molecule has 1 aliphatic heterocycles. The topological polar surface area (TPSA) is 49.8 Å². The molecule has 2 heterocycles. The molecule has 4 nitrogen and oxygen atoms in total. The smallest absolute Gasteiger partial charge is 0.133 e. The number of hydrogen-bond donors (Lipinski definition) is 2. The predicted molar refractivity (Wildman–Crippen MR) is 68.2 cm³/mol. The van der Waals surface area contributed by atoms with Gasteiger partial charge >= 0.3 is 0 Å². The van der Waals surface area contributed by atoms with Crippen LogP contribution in [0.25, 0.3) is 0 Å². The Hall–Kier alpha value is -1.16. The highest BCUT2D eigenvalue weighted by atomic mass is 15.1. The molecule has 1 fully saturated rings. The predicted octanol–water partition coefficient (Wildman–Crippen LogP) is 1.52. The van der Waals surface area contributed by atoms with Crippen molar-refractivity contribution >= 4 is 5.82 Å². The molecule has 1 saturated heterocycles. The molecule has 0 aromatic carbocycles. The maximum atomic E-state index is 4.45. The first-order chi connectivity index (χ1) is 8.27. The minimum Gasteiger partial charge on any atom is -0.363 e. The van der Waals surface area contributed by atoms with E-state index in [1.54, 1.807) is 6.33 Å². The maximum Gasteiger partial charge on any atom is 0.133 e. The molecule has 1 aromatic rings. The van der Waals surface area contributed by atoms with Crippen LogP contribution < -0.4 is 10.6 Å². The summed E-state index contributed by atoms with van der Waals surface area (Å²) in [5, 5.41) is 7.04. The van der Waals surface area contributed by atoms with E-state index in [0.29, 0.717) is 0 Å². The first-order valence-corrected chi connectivity index (χ1v) is 6.58. The molecule has 4 heteroatoms. The molecule has 1 aliphatic carbocycles. The Bertz CT molecular complexity index is 410. The summed E-state index contributed by atoms with van der Waals surface area (Å²) in [7, 11) is 0. The molecule has 2 aliphatic rings. The van der Waals surface area contributed by atoms with Gasteiger partial charge in [-0.3, -0.25) is 0 Å². The lowest BCUT2D eigenvalue weighted by Gasteiger charge is -2.28. The number of anilines is 1. The standard InChI is InChI=1S/C13H20N4/c1-13(6-7-14-8-13)17-12-10-4-2-3-5-11(10)15-9-16-12/h9,14H,2-8H2,1H3,(H,15,16,17). The second kappa shape index (κ2) is 4.26. The largest absolute Gasteiger partial charge is 0.363 e. The third kappa shape index (κ3) is 2.14. The minimum absolute atomic E-state index is 0.152. The van der Waals surface area contributed by atoms with Crippen molar-refractivity contribution in [2.24, 2.45) is 0 Å². The monoisotopic (exact) mass is 232 g/mol. The van der Waals surface area contributed by atoms with Gasteiger partial charge in [-0.25, -0.2) is 9.97 Å². The van der Waals surface area contributed by atoms with Gasteiger partial charge in [-0.05, 0) is 45.6 Å². The number of rotatable bonds is 2. The highest BCUT2D eigenvalue weighted by Crippen LogP contribution is 2.28. The molecule has 0 bridgehead atoms. The van der Waals surface area contributed by atoms with Gasteiger partial charge in [-0.15, -0.1) is 0 Å². The average molecular weight is 232 g/mol. The molecule has 1 unspecified atom stereocenters. The van der Waals surface area contributed by atoms with Crippen molar-refractivity contribution in [3.05, 3.63) is 17.6 Å². The van der Waals surface area contributed by atoms with Gasteiger partial charge in [0.05, 0.1) is 0 Å². The van der Waals surface area contributed by atoms with Crippen LogP contribution in [0.1, 0.15) is 37.4 Å². The zero-order valence-corrected chi connectivity index (χ0v) is 10.4. The molecule has 0 radical (unpaired) electrons. The van der Waals surface area contributed by atoms with Crippen LogP contribution in [-0.4, -0.2) is 28.6 Å². The van der Waals surface area contributed by atoms with E-state index < -0.39 is 0 Å². The van der Waals surface area contributed by atoms with Crippen molar-refractivity contribution in [3.63, 3.8) is 0 Å². The summed E-state index contributed by atoms with van der Waals surface area (Å²) in [4.78, 5) is 8.86. The molecule has 0 amide bonds. The van der Waals surface area contributed by atoms with Crippen molar-refractivity contribution in [2.45, 2.75) is 44.6 Å². The van der Waals surface area contributed by atoms with E-state index in [1.807, 2.05) is 0 Å². The summed E-state index contributed by atoms with van der Waals surface area (Å²) < 4.78 is 0. The molecule has 1 aromatic heterocycles. The summed E-state index contributed by atoms with van der Waals surface area (Å²) >= 11 is 0. The number of hydrogen-bond acceptors (Lipinski definition) is 4. The molecule has 3 rings (SSSR count). The Labute approximate surface area is 102 Å². The zero-order valence-electron chi connectivity index (χ0n) is 10.4. The van der Waals surface area contributed by atoms with Gasteiger partial charge < -0.3 is 10.6 Å². The molecule has 2 N–H and O–H groups in total. The van der Waals surface area contributed by atoms with Gasteiger partial charge in [0, 0.05) is 23.3 Å². The van der Waals surface area contributed by atoms with E-state index in [4.69, 9.17) is 0 Å². The summed E-state index contributed by atoms with van der Waals surface area (Å²) in [6.45, 7) is 4.38. The molecular weight excluding hydrogens is 212 g/mol. The van der Waals surface area contributed by atoms with Crippen molar-refractivity contribution < 1.29 is 0 Å². The Morgan fingerprint density at radius 3 is 3.00 bits per heavy atom. The van der Waals surface area contributed by atoms with Crippen molar-refractivity contribution in [2.75, 3.05) is 18.4 Å². The van der Waals surface area contributed by atoms with Gasteiger partial charge in [0.25, 0.3) is 0 Å². The van der Waals surface area contributed by atoms with Crippen LogP contribution >= 0.6 is 0 Å². The first kappa shape index (κ1) is 11.0. The van der Waals surface area contributed by atoms with Crippen LogP contribution in [0.5, 0.6) is 0 Å². The molecule has 92 valence electrons. The Morgan fingerprint density at radius 2 is 2.18 bits per heavy atom. The van der Waals surface area contributed by atoms with E-state index in [-0.39, 0.29) is 5.54 Å². The SMILES string of the molecule is CC1(Nc2ncnc3c2CCCC3)CCNC1. The molecule has 0 saturated carbocycles. The number of nitrogens with zero attached hydrogens (tertiary/aromatic N) is 2. The van der Waals surface area contributed by atoms with Crippen LogP contribution in [-0.2, 0) is 12.8 Å². The average Bonchev–Trinajstić information content (AvgIpc) is 2.76. The third-order valence-corrected chi connectivity index (χ3v) is 3.91. The molecular formula is C13H20N4. The fourth-order valence-electron chi connectivity index (χ4n) is 2.84. The molecule has 17 heavy (non-hydrogen) atoms. The van der Waals surface area contributed by atoms with Crippen molar-refractivity contribution in [3.8, 4) is 0 Å². The third-order valence-electron chi connectivity index (χ3n) is 3.91. The summed E-state index contributed by atoms with van der Waals surface area (Å²) in [5.41, 5.74) is 2.76. The van der Waals surface area contributed by atoms with Crippen molar-refractivity contribution in [1.82, 2.24) is 15.3 Å². The number of aromatic nitrogens is 2. The Kier molecular flexibility index (Phi) is 2.74. The lowest BCUT2D eigenvalue weighted by Crippen LogP contribution is -2.37. The zero-order chi connectivity index (χ0) is 11.7. The van der Waals surface area contributed by atoms with E-state index in [1.165, 1.54) is 24.1 Å². The second-order valence-corrected chi connectivity index (χ2v) is 5.47. The number of nitrogens with one attached hydrogen (secondary N) is 2. The summed E-state index contributed by atoms with van der Waals surface area (Å²) in [6.07, 6.45) is 7.64. The van der Waals surface area contributed by atoms with Gasteiger partial charge in [-0.1, -0.05) is 0 Å². The van der Waals surface area contributed by atoms with Crippen LogP contribution in [0.15, 0.2) is 6.33 Å². The van der Waals surface area contributed by atoms with Gasteiger partial charge in [-0.2, -0.15) is 0 Å². The highest BCUT2D eigenvalue weighted by molar-refractivity contribution is 5.49. The number of aryl methyl sites for hydroxylation is 1. The van der Waals surface area contributed by atoms with E-state index in [9.17, 15) is 0 Å². The molecule has 1 atom stereocenters. The van der Waals surface area contributed by atoms with Crippen LogP contribution in [0.4, 0.5) is 5.82 Å². The van der Waals surface area contributed by atoms with Gasteiger partial charge in [0.2, 0.25) is 0 Å². The van der Waals surface area contributed by atoms with Gasteiger partial charge in [0.1, 0.15) is 12.1 Å². The van der Waals surface area contributed by atoms with Crippen LogP contribution in [0.3, 0.4) is 0 Å². The van der Waals surface area contributed by atoms with Gasteiger partial charge in [0.15, 0.2) is 0 Å². The first-order valence-electron chi connectivity index (χ1n) is 6.58. The fraction of sp³-hybridized carbons (Fsp3) is 0.692. The lowest BCUT2D eigenvalue weighted by molar-refractivity contribution is 0.559. The van der Waals surface area contributed by atoms with Crippen LogP contribution in [0.2, 0.25) is 0 Å². The van der Waals surface area contributed by atoms with E-state index >= 15 is 0 Å². The van der Waals surface area contributed by atoms with Crippen LogP contribution in [0, 0.1) is 0 Å². The normalized spacial score (nSPS) is 27.8. The summed E-state index contributed by atoms with van der Waals surface area (Å²) in [5.74, 6) is 1.07. The Morgan fingerprint density at radius 1 is 1.29 bits per heavy atom. The minimum atomic E-state index is 0.152. The molecule has 0 spiro atoms. The van der Waals surface area contributed by atoms with Crippen molar-refractivity contribution in [1.29, 1.82) is 0 Å². The highest BCUT2D eigenvalue weighted by Gasteiger charge is 2.30. The maximum absolute atomic E-state index is 4.45. The fourth-order valence-corrected chi connectivity index (χ4v) is 2.84. The Balaban J connectivity index is 1.87.